The third-order valence-electron chi connectivity index (χ3n) is 4.98. The fraction of sp³-hybridized carbons (Fsp3) is 0.938. The molecule has 0 aromatic heterocycles. The van der Waals surface area contributed by atoms with Crippen LogP contribution in [0.15, 0.2) is 0 Å². The second-order valence-corrected chi connectivity index (χ2v) is 6.50. The van der Waals surface area contributed by atoms with Gasteiger partial charge in [-0.1, -0.05) is 13.8 Å². The Bertz CT molecular complexity index is 317. The molecule has 2 rings (SSSR count). The maximum Gasteiger partial charge on any atom is 0.225 e. The number of hydrogen-bond donors (Lipinski definition) is 1. The van der Waals surface area contributed by atoms with Crippen molar-refractivity contribution in [1.29, 1.82) is 0 Å². The summed E-state index contributed by atoms with van der Waals surface area (Å²) in [6.07, 6.45) is 3.21. The number of carbonyl (C=O) groups is 1. The quantitative estimate of drug-likeness (QED) is 0.831. The maximum absolute atomic E-state index is 12.6. The first-order chi connectivity index (χ1) is 9.63. The van der Waals surface area contributed by atoms with Crippen LogP contribution in [0.4, 0.5) is 0 Å². The van der Waals surface area contributed by atoms with Crippen molar-refractivity contribution in [3.8, 4) is 0 Å². The van der Waals surface area contributed by atoms with Crippen LogP contribution in [0.5, 0.6) is 0 Å². The van der Waals surface area contributed by atoms with Crippen LogP contribution >= 0.6 is 0 Å². The summed E-state index contributed by atoms with van der Waals surface area (Å²) < 4.78 is 0. The van der Waals surface area contributed by atoms with Crippen molar-refractivity contribution in [1.82, 2.24) is 15.1 Å². The van der Waals surface area contributed by atoms with Gasteiger partial charge in [0, 0.05) is 31.6 Å². The number of hydrogen-bond acceptors (Lipinski definition) is 3. The van der Waals surface area contributed by atoms with Gasteiger partial charge < -0.3 is 15.1 Å². The summed E-state index contributed by atoms with van der Waals surface area (Å²) in [5.74, 6) is 1.36. The monoisotopic (exact) mass is 281 g/mol. The molecule has 20 heavy (non-hydrogen) atoms. The van der Waals surface area contributed by atoms with Crippen LogP contribution < -0.4 is 5.32 Å². The van der Waals surface area contributed by atoms with Crippen LogP contribution in [0.25, 0.3) is 0 Å². The Morgan fingerprint density at radius 1 is 1.30 bits per heavy atom. The fourth-order valence-electron chi connectivity index (χ4n) is 3.64. The van der Waals surface area contributed by atoms with E-state index in [2.05, 4.69) is 35.9 Å². The molecule has 0 aromatic carbocycles. The number of nitrogens with zero attached hydrogens (tertiary/aromatic N) is 2. The molecule has 0 aromatic rings. The Labute approximate surface area is 123 Å². The van der Waals surface area contributed by atoms with Crippen molar-refractivity contribution >= 4 is 5.91 Å². The molecule has 116 valence electrons. The lowest BCUT2D eigenvalue weighted by Gasteiger charge is -2.30. The lowest BCUT2D eigenvalue weighted by atomic mass is 9.92. The molecule has 0 bridgehead atoms. The van der Waals surface area contributed by atoms with Gasteiger partial charge in [0.25, 0.3) is 0 Å². The number of amides is 1. The average Bonchev–Trinajstić information content (AvgIpc) is 2.92. The Balaban J connectivity index is 1.81. The molecule has 2 aliphatic rings. The Kier molecular flexibility index (Phi) is 5.85. The highest BCUT2D eigenvalue weighted by Crippen LogP contribution is 2.24. The maximum atomic E-state index is 12.6. The van der Waals surface area contributed by atoms with E-state index in [0.717, 1.165) is 52.1 Å². The average molecular weight is 281 g/mol. The molecular formula is C16H31N3O. The van der Waals surface area contributed by atoms with Crippen LogP contribution in [0.1, 0.15) is 40.0 Å². The second-order valence-electron chi connectivity index (χ2n) is 6.50. The molecule has 4 nitrogen and oxygen atoms in total. The van der Waals surface area contributed by atoms with Gasteiger partial charge in [-0.3, -0.25) is 4.79 Å². The molecule has 0 radical (unpaired) electrons. The fourth-order valence-corrected chi connectivity index (χ4v) is 3.64. The minimum atomic E-state index is 0.262. The van der Waals surface area contributed by atoms with Gasteiger partial charge >= 0.3 is 0 Å². The van der Waals surface area contributed by atoms with Gasteiger partial charge in [0.2, 0.25) is 5.91 Å². The van der Waals surface area contributed by atoms with Crippen LogP contribution in [0.2, 0.25) is 0 Å². The third kappa shape index (κ3) is 3.95. The summed E-state index contributed by atoms with van der Waals surface area (Å²) in [6.45, 7) is 13.0. The lowest BCUT2D eigenvalue weighted by molar-refractivity contribution is -0.135. The van der Waals surface area contributed by atoms with Crippen LogP contribution in [0.3, 0.4) is 0 Å². The summed E-state index contributed by atoms with van der Waals surface area (Å²) in [5, 5.41) is 3.43. The van der Waals surface area contributed by atoms with Crippen molar-refractivity contribution in [2.45, 2.75) is 46.1 Å². The van der Waals surface area contributed by atoms with Crippen LogP contribution in [0, 0.1) is 11.8 Å². The molecule has 0 spiro atoms. The molecule has 4 heteroatoms. The van der Waals surface area contributed by atoms with Gasteiger partial charge in [0.05, 0.1) is 0 Å². The molecule has 2 fully saturated rings. The summed E-state index contributed by atoms with van der Waals surface area (Å²) in [4.78, 5) is 17.2. The Hall–Kier alpha value is -0.610. The van der Waals surface area contributed by atoms with E-state index in [1.807, 2.05) is 0 Å². The SMILES string of the molecule is CCN(CC)CC1CCN(C(=O)[C@H]2CCN[C@@H](C)C2)C1. The summed E-state index contributed by atoms with van der Waals surface area (Å²) in [5.41, 5.74) is 0. The standard InChI is InChI=1S/C16H31N3O/c1-4-18(5-2)11-14-7-9-19(12-14)16(20)15-6-8-17-13(3)10-15/h13-15,17H,4-12H2,1-3H3/t13-,14?,15-/m0/s1. The zero-order chi connectivity index (χ0) is 14.5. The van der Waals surface area contributed by atoms with Gasteiger partial charge in [-0.25, -0.2) is 0 Å². The van der Waals surface area contributed by atoms with Gasteiger partial charge in [-0.2, -0.15) is 0 Å². The Morgan fingerprint density at radius 2 is 2.05 bits per heavy atom. The molecule has 2 saturated heterocycles. The van der Waals surface area contributed by atoms with Crippen LogP contribution in [-0.4, -0.2) is 61.0 Å². The van der Waals surface area contributed by atoms with Crippen molar-refractivity contribution in [3.05, 3.63) is 0 Å². The molecule has 1 unspecified atom stereocenters. The predicted molar refractivity (Wildman–Crippen MR) is 82.7 cm³/mol. The second kappa shape index (κ2) is 7.41. The first-order valence-electron chi connectivity index (χ1n) is 8.38. The van der Waals surface area contributed by atoms with Crippen molar-refractivity contribution < 1.29 is 4.79 Å². The zero-order valence-corrected chi connectivity index (χ0v) is 13.4. The van der Waals surface area contributed by atoms with Gasteiger partial charge in [0.1, 0.15) is 0 Å². The van der Waals surface area contributed by atoms with E-state index in [1.54, 1.807) is 0 Å². The van der Waals surface area contributed by atoms with E-state index in [9.17, 15) is 4.79 Å². The van der Waals surface area contributed by atoms with E-state index in [0.29, 0.717) is 17.9 Å². The molecule has 1 N–H and O–H groups in total. The molecule has 3 atom stereocenters. The molecule has 2 aliphatic heterocycles. The molecular weight excluding hydrogens is 250 g/mol. The summed E-state index contributed by atoms with van der Waals surface area (Å²) in [6, 6.07) is 0.492. The molecule has 2 heterocycles. The van der Waals surface area contributed by atoms with E-state index < -0.39 is 0 Å². The third-order valence-corrected chi connectivity index (χ3v) is 4.98. The van der Waals surface area contributed by atoms with Gasteiger partial charge in [0.15, 0.2) is 0 Å². The summed E-state index contributed by atoms with van der Waals surface area (Å²) >= 11 is 0. The number of piperidine rings is 1. The first-order valence-corrected chi connectivity index (χ1v) is 8.38. The van der Waals surface area contributed by atoms with Crippen molar-refractivity contribution in [3.63, 3.8) is 0 Å². The normalized spacial score (nSPS) is 31.0. The van der Waals surface area contributed by atoms with Crippen molar-refractivity contribution in [2.75, 3.05) is 39.3 Å². The number of likely N-dealkylation sites (tertiary alicyclic amines) is 1. The van der Waals surface area contributed by atoms with Crippen molar-refractivity contribution in [2.24, 2.45) is 11.8 Å². The summed E-state index contributed by atoms with van der Waals surface area (Å²) in [7, 11) is 0. The largest absolute Gasteiger partial charge is 0.342 e. The minimum absolute atomic E-state index is 0.262. The van der Waals surface area contributed by atoms with Gasteiger partial charge in [-0.15, -0.1) is 0 Å². The first kappa shape index (κ1) is 15.8. The van der Waals surface area contributed by atoms with E-state index in [1.165, 1.54) is 6.42 Å². The van der Waals surface area contributed by atoms with Gasteiger partial charge in [-0.05, 0) is 51.7 Å². The Morgan fingerprint density at radius 3 is 2.70 bits per heavy atom. The predicted octanol–water partition coefficient (Wildman–Crippen LogP) is 1.56. The highest BCUT2D eigenvalue weighted by molar-refractivity contribution is 5.79. The van der Waals surface area contributed by atoms with Crippen LogP contribution in [-0.2, 0) is 4.79 Å². The molecule has 1 amide bonds. The minimum Gasteiger partial charge on any atom is -0.342 e. The highest BCUT2D eigenvalue weighted by atomic mass is 16.2. The smallest absolute Gasteiger partial charge is 0.225 e. The number of carbonyl (C=O) groups excluding carboxylic acids is 1. The van der Waals surface area contributed by atoms with E-state index in [4.69, 9.17) is 0 Å². The lowest BCUT2D eigenvalue weighted by Crippen LogP contribution is -2.43. The highest BCUT2D eigenvalue weighted by Gasteiger charge is 2.33. The topological polar surface area (TPSA) is 35.6 Å². The number of rotatable bonds is 5. The van der Waals surface area contributed by atoms with E-state index in [-0.39, 0.29) is 5.92 Å². The zero-order valence-electron chi connectivity index (χ0n) is 13.4. The molecule has 0 aliphatic carbocycles. The number of nitrogens with one attached hydrogen (secondary N) is 1. The van der Waals surface area contributed by atoms with E-state index >= 15 is 0 Å². The molecule has 0 saturated carbocycles.